The Labute approximate surface area is 127 Å². The average Bonchev–Trinajstić information content (AvgIpc) is 2.41. The molecule has 19 heavy (non-hydrogen) atoms. The average molecular weight is 321 g/mol. The van der Waals surface area contributed by atoms with Crippen molar-refractivity contribution in [3.8, 4) is 0 Å². The standard InChI is InChI=1S/C13H18ClFN2S2/c1-8-13(19-5-4-18-8)12(17-16)7-9-2-3-10(14)11(15)6-9/h2-3,6,8,12-13,17H,4-5,7,16H2,1H3. The van der Waals surface area contributed by atoms with Crippen LogP contribution in [0.2, 0.25) is 5.02 Å². The second-order valence-electron chi connectivity index (χ2n) is 4.64. The maximum Gasteiger partial charge on any atom is 0.142 e. The van der Waals surface area contributed by atoms with Gasteiger partial charge in [0.1, 0.15) is 5.82 Å². The molecule has 0 radical (unpaired) electrons. The molecule has 2 rings (SSSR count). The summed E-state index contributed by atoms with van der Waals surface area (Å²) in [6.07, 6.45) is 0.715. The van der Waals surface area contributed by atoms with Gasteiger partial charge in [0.25, 0.3) is 0 Å². The molecule has 3 unspecified atom stereocenters. The molecule has 6 heteroatoms. The van der Waals surface area contributed by atoms with Crippen molar-refractivity contribution in [2.45, 2.75) is 29.9 Å². The fourth-order valence-corrected chi connectivity index (χ4v) is 5.34. The summed E-state index contributed by atoms with van der Waals surface area (Å²) in [5.74, 6) is 7.66. The fourth-order valence-electron chi connectivity index (χ4n) is 2.28. The summed E-state index contributed by atoms with van der Waals surface area (Å²) >= 11 is 9.62. The molecule has 1 aliphatic rings. The van der Waals surface area contributed by atoms with E-state index in [9.17, 15) is 4.39 Å². The van der Waals surface area contributed by atoms with Crippen LogP contribution < -0.4 is 11.3 Å². The number of thioether (sulfide) groups is 2. The second-order valence-corrected chi connectivity index (χ2v) is 7.82. The molecule has 3 N–H and O–H groups in total. The Morgan fingerprint density at radius 3 is 2.84 bits per heavy atom. The van der Waals surface area contributed by atoms with Crippen LogP contribution in [0.4, 0.5) is 4.39 Å². The van der Waals surface area contributed by atoms with Crippen molar-refractivity contribution in [3.05, 3.63) is 34.6 Å². The van der Waals surface area contributed by atoms with Crippen molar-refractivity contribution in [1.29, 1.82) is 0 Å². The lowest BCUT2D eigenvalue weighted by atomic mass is 10.0. The summed E-state index contributed by atoms with van der Waals surface area (Å²) < 4.78 is 13.5. The molecule has 0 aromatic heterocycles. The highest BCUT2D eigenvalue weighted by molar-refractivity contribution is 8.07. The first-order chi connectivity index (χ1) is 9.11. The Morgan fingerprint density at radius 2 is 2.21 bits per heavy atom. The van der Waals surface area contributed by atoms with Crippen molar-refractivity contribution in [2.24, 2.45) is 5.84 Å². The molecule has 1 heterocycles. The van der Waals surface area contributed by atoms with Crippen LogP contribution in [0.25, 0.3) is 0 Å². The largest absolute Gasteiger partial charge is 0.271 e. The third kappa shape index (κ3) is 4.02. The molecule has 106 valence electrons. The van der Waals surface area contributed by atoms with Crippen LogP contribution in [0.15, 0.2) is 18.2 Å². The summed E-state index contributed by atoms with van der Waals surface area (Å²) in [7, 11) is 0. The summed E-state index contributed by atoms with van der Waals surface area (Å²) in [5, 5.41) is 1.16. The van der Waals surface area contributed by atoms with E-state index in [0.29, 0.717) is 16.9 Å². The quantitative estimate of drug-likeness (QED) is 0.660. The van der Waals surface area contributed by atoms with Crippen molar-refractivity contribution in [1.82, 2.24) is 5.43 Å². The van der Waals surface area contributed by atoms with Gasteiger partial charge in [-0.15, -0.1) is 0 Å². The molecule has 0 amide bonds. The fraction of sp³-hybridized carbons (Fsp3) is 0.538. The van der Waals surface area contributed by atoms with Gasteiger partial charge in [-0.25, -0.2) is 4.39 Å². The Balaban J connectivity index is 2.07. The van der Waals surface area contributed by atoms with E-state index in [0.717, 1.165) is 11.3 Å². The molecule has 0 aliphatic carbocycles. The van der Waals surface area contributed by atoms with Gasteiger partial charge in [0.2, 0.25) is 0 Å². The summed E-state index contributed by atoms with van der Waals surface area (Å²) in [4.78, 5) is 0. The zero-order valence-electron chi connectivity index (χ0n) is 10.7. The van der Waals surface area contributed by atoms with E-state index in [2.05, 4.69) is 12.3 Å². The van der Waals surface area contributed by atoms with Gasteiger partial charge in [0.05, 0.1) is 5.02 Å². The van der Waals surface area contributed by atoms with Crippen LogP contribution in [0.1, 0.15) is 12.5 Å². The van der Waals surface area contributed by atoms with Gasteiger partial charge in [-0.2, -0.15) is 23.5 Å². The SMILES string of the molecule is CC1SCCSC1C(Cc1ccc(Cl)c(F)c1)NN. The van der Waals surface area contributed by atoms with E-state index < -0.39 is 0 Å². The maximum absolute atomic E-state index is 13.5. The summed E-state index contributed by atoms with van der Waals surface area (Å²) in [6.45, 7) is 2.23. The topological polar surface area (TPSA) is 38.0 Å². The van der Waals surface area contributed by atoms with Crippen LogP contribution in [-0.2, 0) is 6.42 Å². The van der Waals surface area contributed by atoms with Crippen LogP contribution >= 0.6 is 35.1 Å². The highest BCUT2D eigenvalue weighted by Crippen LogP contribution is 2.34. The normalized spacial score (nSPS) is 25.3. The Hall–Kier alpha value is 0.0600. The minimum atomic E-state index is -0.367. The van der Waals surface area contributed by atoms with Crippen molar-refractivity contribution in [3.63, 3.8) is 0 Å². The van der Waals surface area contributed by atoms with Gasteiger partial charge < -0.3 is 0 Å². The lowest BCUT2D eigenvalue weighted by molar-refractivity contribution is 0.500. The number of halogens is 2. The smallest absolute Gasteiger partial charge is 0.142 e. The molecular formula is C13H18ClFN2S2. The summed E-state index contributed by atoms with van der Waals surface area (Å²) in [5.41, 5.74) is 3.82. The first-order valence-electron chi connectivity index (χ1n) is 6.25. The van der Waals surface area contributed by atoms with Gasteiger partial charge in [-0.1, -0.05) is 24.6 Å². The molecular weight excluding hydrogens is 303 g/mol. The van der Waals surface area contributed by atoms with E-state index in [-0.39, 0.29) is 16.9 Å². The highest BCUT2D eigenvalue weighted by Gasteiger charge is 2.29. The van der Waals surface area contributed by atoms with Gasteiger partial charge in [-0.05, 0) is 24.1 Å². The van der Waals surface area contributed by atoms with E-state index in [4.69, 9.17) is 17.4 Å². The zero-order chi connectivity index (χ0) is 13.8. The predicted octanol–water partition coefficient (Wildman–Crippen LogP) is 3.09. The van der Waals surface area contributed by atoms with Crippen LogP contribution in [0, 0.1) is 5.82 Å². The van der Waals surface area contributed by atoms with Crippen LogP contribution in [-0.4, -0.2) is 28.0 Å². The lowest BCUT2D eigenvalue weighted by Gasteiger charge is -2.34. The highest BCUT2D eigenvalue weighted by atomic mass is 35.5. The number of nitrogens with two attached hydrogens (primary N) is 1. The predicted molar refractivity (Wildman–Crippen MR) is 84.4 cm³/mol. The minimum Gasteiger partial charge on any atom is -0.271 e. The molecule has 0 spiro atoms. The summed E-state index contributed by atoms with van der Waals surface area (Å²) in [6, 6.07) is 5.11. The van der Waals surface area contributed by atoms with E-state index in [1.807, 2.05) is 29.6 Å². The molecule has 0 bridgehead atoms. The van der Waals surface area contributed by atoms with Crippen molar-refractivity contribution in [2.75, 3.05) is 11.5 Å². The van der Waals surface area contributed by atoms with Crippen LogP contribution in [0.5, 0.6) is 0 Å². The lowest BCUT2D eigenvalue weighted by Crippen LogP contribution is -2.48. The van der Waals surface area contributed by atoms with Crippen LogP contribution in [0.3, 0.4) is 0 Å². The Kier molecular flexibility index (Phi) is 5.84. The first kappa shape index (κ1) is 15.4. The van der Waals surface area contributed by atoms with Crippen molar-refractivity contribution < 1.29 is 4.39 Å². The van der Waals surface area contributed by atoms with E-state index in [1.165, 1.54) is 11.8 Å². The van der Waals surface area contributed by atoms with E-state index in [1.54, 1.807) is 6.07 Å². The number of benzene rings is 1. The molecule has 3 atom stereocenters. The third-order valence-corrected chi connectivity index (χ3v) is 6.84. The zero-order valence-corrected chi connectivity index (χ0v) is 13.1. The number of hydrogen-bond acceptors (Lipinski definition) is 4. The van der Waals surface area contributed by atoms with Crippen molar-refractivity contribution >= 4 is 35.1 Å². The monoisotopic (exact) mass is 320 g/mol. The number of rotatable bonds is 4. The van der Waals surface area contributed by atoms with E-state index >= 15 is 0 Å². The van der Waals surface area contributed by atoms with Gasteiger partial charge in [0.15, 0.2) is 0 Å². The molecule has 1 aromatic carbocycles. The molecule has 2 nitrogen and oxygen atoms in total. The number of nitrogens with one attached hydrogen (secondary N) is 1. The molecule has 0 saturated carbocycles. The molecule has 1 fully saturated rings. The number of hydrazine groups is 1. The van der Waals surface area contributed by atoms with Gasteiger partial charge in [-0.3, -0.25) is 11.3 Å². The van der Waals surface area contributed by atoms with Gasteiger partial charge in [0, 0.05) is 28.0 Å². The minimum absolute atomic E-state index is 0.147. The third-order valence-electron chi connectivity index (χ3n) is 3.29. The molecule has 1 saturated heterocycles. The number of hydrogen-bond donors (Lipinski definition) is 2. The Morgan fingerprint density at radius 1 is 1.47 bits per heavy atom. The Bertz CT molecular complexity index is 433. The first-order valence-corrected chi connectivity index (χ1v) is 8.72. The maximum atomic E-state index is 13.5. The second kappa shape index (κ2) is 7.18. The molecule has 1 aromatic rings. The van der Waals surface area contributed by atoms with Gasteiger partial charge >= 0.3 is 0 Å². The molecule has 1 aliphatic heterocycles.